The molecule has 0 fully saturated rings. The third-order valence-electron chi connectivity index (χ3n) is 3.43. The highest BCUT2D eigenvalue weighted by atomic mass is 17.1. The molecule has 0 rings (SSSR count). The van der Waals surface area contributed by atoms with Crippen LogP contribution in [0.25, 0.3) is 0 Å². The molecule has 0 aromatic rings. The van der Waals surface area contributed by atoms with E-state index >= 15 is 0 Å². The van der Waals surface area contributed by atoms with E-state index in [-0.39, 0.29) is 0 Å². The van der Waals surface area contributed by atoms with Crippen LogP contribution in [-0.2, 0) is 9.68 Å². The normalized spacial score (nSPS) is 11.5. The molecule has 0 atom stereocenters. The number of unbranched alkanes of at least 4 members (excludes halogenated alkanes) is 8. The molecule has 0 bridgehead atoms. The third-order valence-corrected chi connectivity index (χ3v) is 3.43. The maximum absolute atomic E-state index is 10.7. The monoisotopic (exact) mass is 296 g/mol. The summed E-state index contributed by atoms with van der Waals surface area (Å²) >= 11 is 0. The van der Waals surface area contributed by atoms with Crippen molar-refractivity contribution in [2.24, 2.45) is 0 Å². The van der Waals surface area contributed by atoms with Gasteiger partial charge in [0.1, 0.15) is 0 Å². The maximum atomic E-state index is 10.7. The van der Waals surface area contributed by atoms with Crippen LogP contribution >= 0.6 is 0 Å². The lowest BCUT2D eigenvalue weighted by Gasteiger charge is -1.99. The Bertz CT molecular complexity index is 282. The molecule has 0 saturated carbocycles. The van der Waals surface area contributed by atoms with E-state index < -0.39 is 5.97 Å². The molecule has 21 heavy (non-hydrogen) atoms. The van der Waals surface area contributed by atoms with Crippen LogP contribution in [-0.4, -0.2) is 11.2 Å². The molecule has 0 aromatic heterocycles. The Kier molecular flexibility index (Phi) is 16.1. The van der Waals surface area contributed by atoms with Gasteiger partial charge in [0, 0.05) is 6.42 Å². The minimum atomic E-state index is -0.527. The second kappa shape index (κ2) is 17.0. The van der Waals surface area contributed by atoms with Crippen LogP contribution in [0.15, 0.2) is 24.3 Å². The van der Waals surface area contributed by atoms with Crippen molar-refractivity contribution in [1.82, 2.24) is 0 Å². The van der Waals surface area contributed by atoms with E-state index in [1.54, 1.807) is 0 Å². The lowest BCUT2D eigenvalue weighted by atomic mass is 10.1. The number of hydrogen-bond acceptors (Lipinski definition) is 3. The van der Waals surface area contributed by atoms with Crippen LogP contribution in [0, 0.1) is 0 Å². The second-order valence-electron chi connectivity index (χ2n) is 5.44. The summed E-state index contributed by atoms with van der Waals surface area (Å²) in [6.07, 6.45) is 22.1. The first kappa shape index (κ1) is 19.9. The van der Waals surface area contributed by atoms with Gasteiger partial charge in [-0.15, -0.1) is 0 Å². The van der Waals surface area contributed by atoms with Crippen molar-refractivity contribution in [2.75, 3.05) is 0 Å². The Morgan fingerprint density at radius 2 is 1.43 bits per heavy atom. The Morgan fingerprint density at radius 1 is 0.857 bits per heavy atom. The zero-order valence-corrected chi connectivity index (χ0v) is 13.6. The molecule has 122 valence electrons. The number of carbonyl (C=O) groups excluding carboxylic acids is 1. The number of allylic oxidation sites excluding steroid dienone is 4. The van der Waals surface area contributed by atoms with Crippen molar-refractivity contribution in [3.63, 3.8) is 0 Å². The zero-order valence-electron chi connectivity index (χ0n) is 13.6. The molecule has 0 unspecified atom stereocenters. The lowest BCUT2D eigenvalue weighted by molar-refractivity contribution is -0.234. The predicted molar refractivity (Wildman–Crippen MR) is 88.1 cm³/mol. The highest BCUT2D eigenvalue weighted by Gasteiger charge is 2.00. The van der Waals surface area contributed by atoms with Crippen LogP contribution in [0.1, 0.15) is 84.0 Å². The Balaban J connectivity index is 3.20. The molecular formula is C18H32O3. The molecule has 0 aliphatic rings. The minimum absolute atomic E-state index is 0.320. The van der Waals surface area contributed by atoms with Gasteiger partial charge in [0.15, 0.2) is 0 Å². The topological polar surface area (TPSA) is 46.5 Å². The van der Waals surface area contributed by atoms with Gasteiger partial charge in [-0.1, -0.05) is 63.3 Å². The summed E-state index contributed by atoms with van der Waals surface area (Å²) in [6.45, 7) is 2.23. The summed E-state index contributed by atoms with van der Waals surface area (Å²) in [7, 11) is 0. The Labute approximate surface area is 130 Å². The summed E-state index contributed by atoms with van der Waals surface area (Å²) in [4.78, 5) is 14.3. The van der Waals surface area contributed by atoms with Gasteiger partial charge in [0.2, 0.25) is 0 Å². The van der Waals surface area contributed by atoms with Gasteiger partial charge in [-0.2, -0.15) is 5.26 Å². The van der Waals surface area contributed by atoms with E-state index in [0.717, 1.165) is 32.1 Å². The Morgan fingerprint density at radius 3 is 2.05 bits per heavy atom. The van der Waals surface area contributed by atoms with Gasteiger partial charge in [0.25, 0.3) is 0 Å². The zero-order chi connectivity index (χ0) is 15.6. The van der Waals surface area contributed by atoms with E-state index in [1.165, 1.54) is 38.5 Å². The molecule has 1 N–H and O–H groups in total. The van der Waals surface area contributed by atoms with Gasteiger partial charge in [-0.05, 0) is 38.5 Å². The average Bonchev–Trinajstić information content (AvgIpc) is 2.50. The van der Waals surface area contributed by atoms with Crippen molar-refractivity contribution in [2.45, 2.75) is 84.0 Å². The first-order valence-electron chi connectivity index (χ1n) is 8.45. The van der Waals surface area contributed by atoms with Gasteiger partial charge >= 0.3 is 5.97 Å². The maximum Gasteiger partial charge on any atom is 0.342 e. The summed E-state index contributed by atoms with van der Waals surface area (Å²) in [5, 5.41) is 8.09. The molecule has 3 nitrogen and oxygen atoms in total. The Hall–Kier alpha value is -1.09. The smallest absolute Gasteiger partial charge is 0.301 e. The van der Waals surface area contributed by atoms with Gasteiger partial charge in [0.05, 0.1) is 0 Å². The number of carbonyl (C=O) groups is 1. The molecule has 3 heteroatoms. The summed E-state index contributed by atoms with van der Waals surface area (Å²) in [5.41, 5.74) is 0. The lowest BCUT2D eigenvalue weighted by Crippen LogP contribution is -1.99. The molecule has 0 aliphatic heterocycles. The van der Waals surface area contributed by atoms with E-state index in [9.17, 15) is 4.79 Å². The molecule has 0 radical (unpaired) electrons. The SMILES string of the molecule is CCCCCC=CCC=CCCCCCCCC(=O)OO. The number of rotatable bonds is 14. The molecule has 0 aliphatic carbocycles. The third kappa shape index (κ3) is 16.9. The van der Waals surface area contributed by atoms with Crippen LogP contribution in [0.3, 0.4) is 0 Å². The van der Waals surface area contributed by atoms with Crippen molar-refractivity contribution in [3.05, 3.63) is 24.3 Å². The van der Waals surface area contributed by atoms with Crippen molar-refractivity contribution < 1.29 is 14.9 Å². The van der Waals surface area contributed by atoms with Crippen LogP contribution in [0.4, 0.5) is 0 Å². The minimum Gasteiger partial charge on any atom is -0.301 e. The highest BCUT2D eigenvalue weighted by molar-refractivity contribution is 5.68. The summed E-state index contributed by atoms with van der Waals surface area (Å²) in [5.74, 6) is -0.527. The van der Waals surface area contributed by atoms with Gasteiger partial charge < -0.3 is 4.89 Å². The van der Waals surface area contributed by atoms with Gasteiger partial charge in [-0.3, -0.25) is 0 Å². The summed E-state index contributed by atoms with van der Waals surface area (Å²) in [6, 6.07) is 0. The van der Waals surface area contributed by atoms with E-state index in [0.29, 0.717) is 6.42 Å². The molecule has 0 aromatic carbocycles. The molecular weight excluding hydrogens is 264 g/mol. The quantitative estimate of drug-likeness (QED) is 0.190. The molecule has 0 amide bonds. The van der Waals surface area contributed by atoms with Gasteiger partial charge in [-0.25, -0.2) is 4.79 Å². The van der Waals surface area contributed by atoms with E-state index in [1.807, 2.05) is 0 Å². The predicted octanol–water partition coefficient (Wildman–Crippen LogP) is 5.82. The first-order valence-corrected chi connectivity index (χ1v) is 8.45. The van der Waals surface area contributed by atoms with E-state index in [2.05, 4.69) is 36.1 Å². The largest absolute Gasteiger partial charge is 0.342 e. The fourth-order valence-corrected chi connectivity index (χ4v) is 2.13. The molecule has 0 heterocycles. The second-order valence-corrected chi connectivity index (χ2v) is 5.44. The first-order chi connectivity index (χ1) is 10.3. The van der Waals surface area contributed by atoms with Crippen molar-refractivity contribution in [1.29, 1.82) is 0 Å². The van der Waals surface area contributed by atoms with Crippen LogP contribution in [0.2, 0.25) is 0 Å². The fraction of sp³-hybridized carbons (Fsp3) is 0.722. The standard InChI is InChI=1S/C18H32O3/c1-2-3-4-5-6-7-8-9-10-11-12-13-14-15-16-17-18(19)21-20/h6-7,9-10,20H,2-5,8,11-17H2,1H3. The number of hydrogen-bond donors (Lipinski definition) is 1. The van der Waals surface area contributed by atoms with E-state index in [4.69, 9.17) is 5.26 Å². The van der Waals surface area contributed by atoms with Crippen molar-refractivity contribution >= 4 is 5.97 Å². The molecule has 0 spiro atoms. The van der Waals surface area contributed by atoms with Crippen LogP contribution < -0.4 is 0 Å². The average molecular weight is 296 g/mol. The fourth-order valence-electron chi connectivity index (χ4n) is 2.13. The highest BCUT2D eigenvalue weighted by Crippen LogP contribution is 2.08. The van der Waals surface area contributed by atoms with Crippen LogP contribution in [0.5, 0.6) is 0 Å². The molecule has 0 saturated heterocycles. The summed E-state index contributed by atoms with van der Waals surface area (Å²) < 4.78 is 0. The van der Waals surface area contributed by atoms with Crippen molar-refractivity contribution in [3.8, 4) is 0 Å².